The topological polar surface area (TPSA) is 136 Å². The molecule has 0 atom stereocenters. The first kappa shape index (κ1) is 23.7. The fraction of sp³-hybridized carbons (Fsp3) is 0.455. The Balaban J connectivity index is 1.75. The molecular weight excluding hydrogens is 428 g/mol. The molecule has 0 radical (unpaired) electrons. The van der Waals surface area contributed by atoms with E-state index in [0.29, 0.717) is 38.2 Å². The molecule has 1 aromatic heterocycles. The van der Waals surface area contributed by atoms with E-state index in [1.54, 1.807) is 11.3 Å². The molecule has 9 nitrogen and oxygen atoms in total. The third kappa shape index (κ3) is 6.27. The second-order valence-corrected chi connectivity index (χ2v) is 8.64. The Morgan fingerprint density at radius 3 is 2.59 bits per heavy atom. The van der Waals surface area contributed by atoms with Gasteiger partial charge in [-0.25, -0.2) is 4.98 Å². The van der Waals surface area contributed by atoms with Crippen molar-refractivity contribution in [1.29, 1.82) is 5.41 Å². The number of piperidine rings is 1. The first-order valence-corrected chi connectivity index (χ1v) is 11.6. The summed E-state index contributed by atoms with van der Waals surface area (Å²) in [5.74, 6) is -0.768. The molecular formula is C22H30N6O3S. The maximum atomic E-state index is 12.1. The van der Waals surface area contributed by atoms with E-state index in [2.05, 4.69) is 10.2 Å². The van der Waals surface area contributed by atoms with Crippen molar-refractivity contribution in [1.82, 2.24) is 15.2 Å². The highest BCUT2D eigenvalue weighted by atomic mass is 32.1. The first-order chi connectivity index (χ1) is 15.4. The van der Waals surface area contributed by atoms with E-state index in [9.17, 15) is 9.59 Å². The summed E-state index contributed by atoms with van der Waals surface area (Å²) in [4.78, 5) is 32.1. The number of anilines is 1. The van der Waals surface area contributed by atoms with Gasteiger partial charge >= 0.3 is 5.97 Å². The highest BCUT2D eigenvalue weighted by Gasteiger charge is 2.27. The zero-order valence-corrected chi connectivity index (χ0v) is 19.0. The smallest absolute Gasteiger partial charge is 0.317 e. The van der Waals surface area contributed by atoms with Gasteiger partial charge in [0, 0.05) is 55.1 Å². The van der Waals surface area contributed by atoms with Gasteiger partial charge < -0.3 is 21.1 Å². The summed E-state index contributed by atoms with van der Waals surface area (Å²) in [5, 5.41) is 22.3. The summed E-state index contributed by atoms with van der Waals surface area (Å²) in [7, 11) is 0. The zero-order valence-electron chi connectivity index (χ0n) is 18.2. The third-order valence-corrected chi connectivity index (χ3v) is 6.42. The summed E-state index contributed by atoms with van der Waals surface area (Å²) in [5.41, 5.74) is 7.99. The number of likely N-dealkylation sites (tertiary alicyclic amines) is 1. The number of hydrogen-bond acceptors (Lipinski definition) is 7. The largest absolute Gasteiger partial charge is 0.480 e. The second-order valence-electron chi connectivity index (χ2n) is 7.80. The highest BCUT2D eigenvalue weighted by molar-refractivity contribution is 7.14. The molecule has 3 rings (SSSR count). The van der Waals surface area contributed by atoms with E-state index in [4.69, 9.17) is 21.2 Å². The van der Waals surface area contributed by atoms with E-state index in [1.807, 2.05) is 41.5 Å². The Bertz CT molecular complexity index is 937. The fourth-order valence-corrected chi connectivity index (χ4v) is 4.80. The summed E-state index contributed by atoms with van der Waals surface area (Å²) in [6.45, 7) is 4.54. The number of benzene rings is 1. The van der Waals surface area contributed by atoms with Crippen molar-refractivity contribution in [3.63, 3.8) is 0 Å². The number of carbonyl (C=O) groups excluding carboxylic acids is 1. The molecule has 172 valence electrons. The average Bonchev–Trinajstić information content (AvgIpc) is 3.25. The van der Waals surface area contributed by atoms with Gasteiger partial charge in [-0.3, -0.25) is 19.9 Å². The molecule has 2 aromatic rings. The van der Waals surface area contributed by atoms with Gasteiger partial charge in [-0.05, 0) is 19.8 Å². The quantitative estimate of drug-likeness (QED) is 0.316. The zero-order chi connectivity index (χ0) is 23.1. The second kappa shape index (κ2) is 11.1. The van der Waals surface area contributed by atoms with Crippen LogP contribution in [0.25, 0.3) is 11.3 Å². The monoisotopic (exact) mass is 458 g/mol. The Hall–Kier alpha value is -2.98. The van der Waals surface area contributed by atoms with Crippen LogP contribution >= 0.6 is 11.3 Å². The molecule has 0 unspecified atom stereocenters. The van der Waals surface area contributed by atoms with Gasteiger partial charge in [0.2, 0.25) is 5.91 Å². The van der Waals surface area contributed by atoms with Crippen molar-refractivity contribution in [2.24, 2.45) is 5.73 Å². The molecule has 1 amide bonds. The van der Waals surface area contributed by atoms with Gasteiger partial charge in [-0.2, -0.15) is 0 Å². The number of amidine groups is 1. The van der Waals surface area contributed by atoms with Crippen molar-refractivity contribution in [3.05, 3.63) is 35.2 Å². The lowest BCUT2D eigenvalue weighted by Crippen LogP contribution is -2.47. The van der Waals surface area contributed by atoms with Crippen LogP contribution in [0.1, 0.15) is 31.7 Å². The Labute approximate surface area is 191 Å². The molecule has 1 aromatic carbocycles. The van der Waals surface area contributed by atoms with Crippen LogP contribution in [0.2, 0.25) is 0 Å². The van der Waals surface area contributed by atoms with Gasteiger partial charge in [0.1, 0.15) is 5.84 Å². The van der Waals surface area contributed by atoms with Crippen molar-refractivity contribution in [2.45, 2.75) is 32.2 Å². The molecule has 1 fully saturated rings. The Morgan fingerprint density at radius 1 is 1.31 bits per heavy atom. The fourth-order valence-electron chi connectivity index (χ4n) is 3.87. The van der Waals surface area contributed by atoms with Crippen LogP contribution in [-0.4, -0.2) is 71.5 Å². The molecule has 1 aliphatic heterocycles. The maximum Gasteiger partial charge on any atom is 0.317 e. The predicted octanol–water partition coefficient (Wildman–Crippen LogP) is 1.98. The minimum Gasteiger partial charge on any atom is -0.480 e. The van der Waals surface area contributed by atoms with E-state index in [1.165, 1.54) is 0 Å². The average molecular weight is 459 g/mol. The Kier molecular flexibility index (Phi) is 8.18. The van der Waals surface area contributed by atoms with Crippen molar-refractivity contribution in [3.8, 4) is 11.3 Å². The lowest BCUT2D eigenvalue weighted by atomic mass is 10.0. The van der Waals surface area contributed by atoms with Gasteiger partial charge in [0.25, 0.3) is 0 Å². The molecule has 32 heavy (non-hydrogen) atoms. The number of amides is 1. The van der Waals surface area contributed by atoms with Gasteiger partial charge in [-0.15, -0.1) is 11.3 Å². The van der Waals surface area contributed by atoms with Gasteiger partial charge in [0.05, 0.1) is 12.2 Å². The summed E-state index contributed by atoms with van der Waals surface area (Å²) < 4.78 is 0. The first-order valence-electron chi connectivity index (χ1n) is 10.7. The third-order valence-electron chi connectivity index (χ3n) is 5.54. The molecule has 10 heteroatoms. The van der Waals surface area contributed by atoms with Crippen LogP contribution in [0.3, 0.4) is 0 Å². The molecule has 5 N–H and O–H groups in total. The van der Waals surface area contributed by atoms with Gasteiger partial charge in [0.15, 0.2) is 5.13 Å². The van der Waals surface area contributed by atoms with Gasteiger partial charge in [-0.1, -0.05) is 24.3 Å². The van der Waals surface area contributed by atoms with Crippen molar-refractivity contribution >= 4 is 34.2 Å². The number of hydrogen-bond donors (Lipinski definition) is 4. The number of carboxylic acid groups (broad SMARTS) is 1. The van der Waals surface area contributed by atoms with E-state index < -0.39 is 5.97 Å². The molecule has 1 saturated heterocycles. The number of nitrogen functional groups attached to an aromatic ring is 1. The summed E-state index contributed by atoms with van der Waals surface area (Å²) in [6, 6.07) is 7.62. The minimum atomic E-state index is -0.808. The number of nitrogens with one attached hydrogen (secondary N) is 2. The molecule has 0 saturated carbocycles. The van der Waals surface area contributed by atoms with Crippen molar-refractivity contribution < 1.29 is 14.7 Å². The highest BCUT2D eigenvalue weighted by Crippen LogP contribution is 2.31. The predicted molar refractivity (Wildman–Crippen MR) is 126 cm³/mol. The normalized spacial score (nSPS) is 14.8. The lowest BCUT2D eigenvalue weighted by Gasteiger charge is -2.38. The molecule has 2 heterocycles. The van der Waals surface area contributed by atoms with Crippen LogP contribution in [0.4, 0.5) is 5.13 Å². The maximum absolute atomic E-state index is 12.1. The lowest BCUT2D eigenvalue weighted by molar-refractivity contribution is -0.138. The Morgan fingerprint density at radius 2 is 2.00 bits per heavy atom. The van der Waals surface area contributed by atoms with Crippen LogP contribution in [0.15, 0.2) is 29.6 Å². The standard InChI is InChI=1S/C22H30N6O3S/c1-2-25-19(29)9-12-28(17-7-10-27(11-8-17)13-20(30)31)22-26-18(14-32-22)15-3-5-16(6-4-15)21(23)24/h3-6,14,17H,2,7-13H2,1H3,(H3,23,24)(H,25,29)(H,30,31). The van der Waals surface area contributed by atoms with Crippen LogP contribution < -0.4 is 16.0 Å². The number of aromatic nitrogens is 1. The van der Waals surface area contributed by atoms with E-state index >= 15 is 0 Å². The number of aliphatic carboxylic acids is 1. The van der Waals surface area contributed by atoms with E-state index in [0.717, 1.165) is 29.2 Å². The summed E-state index contributed by atoms with van der Waals surface area (Å²) in [6.07, 6.45) is 2.03. The number of thiazole rings is 1. The number of carboxylic acids is 1. The van der Waals surface area contributed by atoms with Crippen molar-refractivity contribution in [2.75, 3.05) is 37.6 Å². The summed E-state index contributed by atoms with van der Waals surface area (Å²) >= 11 is 1.54. The molecule has 0 aliphatic carbocycles. The van der Waals surface area contributed by atoms with Crippen LogP contribution in [0.5, 0.6) is 0 Å². The molecule has 0 bridgehead atoms. The number of rotatable bonds is 10. The number of carbonyl (C=O) groups is 2. The molecule has 1 aliphatic rings. The number of nitrogens with zero attached hydrogens (tertiary/aromatic N) is 3. The van der Waals surface area contributed by atoms with E-state index in [-0.39, 0.29) is 24.3 Å². The van der Waals surface area contributed by atoms with Crippen LogP contribution in [0, 0.1) is 5.41 Å². The molecule has 0 spiro atoms. The SMILES string of the molecule is CCNC(=O)CCN(c1nc(-c2ccc(C(=N)N)cc2)cs1)C1CCN(CC(=O)O)CC1. The van der Waals surface area contributed by atoms with Crippen LogP contribution in [-0.2, 0) is 9.59 Å². The number of nitrogens with two attached hydrogens (primary N) is 1. The minimum absolute atomic E-state index is 0.0115.